The van der Waals surface area contributed by atoms with Gasteiger partial charge in [0.2, 0.25) is 5.91 Å². The van der Waals surface area contributed by atoms with Gasteiger partial charge in [0.25, 0.3) is 0 Å². The van der Waals surface area contributed by atoms with Crippen LogP contribution in [0.25, 0.3) is 17.1 Å². The van der Waals surface area contributed by atoms with E-state index in [-0.39, 0.29) is 11.9 Å². The van der Waals surface area contributed by atoms with Crippen LogP contribution in [0.1, 0.15) is 37.5 Å². The summed E-state index contributed by atoms with van der Waals surface area (Å²) >= 11 is 1.45. The number of thioether (sulfide) groups is 1. The number of rotatable bonds is 7. The van der Waals surface area contributed by atoms with Crippen molar-refractivity contribution in [3.8, 4) is 17.1 Å². The minimum atomic E-state index is 0.0874. The molecule has 1 amide bonds. The molecule has 2 aromatic heterocycles. The van der Waals surface area contributed by atoms with Gasteiger partial charge in [-0.05, 0) is 61.1 Å². The van der Waals surface area contributed by atoms with Gasteiger partial charge in [-0.2, -0.15) is 0 Å². The third kappa shape index (κ3) is 4.36. The van der Waals surface area contributed by atoms with E-state index in [9.17, 15) is 4.79 Å². The fourth-order valence-corrected chi connectivity index (χ4v) is 5.69. The van der Waals surface area contributed by atoms with E-state index < -0.39 is 0 Å². The van der Waals surface area contributed by atoms with Crippen molar-refractivity contribution in [1.82, 2.24) is 19.7 Å². The maximum absolute atomic E-state index is 13.4. The summed E-state index contributed by atoms with van der Waals surface area (Å²) in [7, 11) is 0. The number of nitrogens with zero attached hydrogens (tertiary/aromatic N) is 5. The average Bonchev–Trinajstić information content (AvgIpc) is 3.47. The van der Waals surface area contributed by atoms with Gasteiger partial charge in [-0.15, -0.1) is 10.2 Å². The standard InChI is InChI=1S/C28H29N5OS/c1-4-20-11-8-12-21(5-2)26(20)33-27(23-13-9-15-29-17-23)30-31-28(33)35-18-25(34)32-19(3)16-22-10-6-7-14-24(22)32/h6-15,17,19H,4-5,16,18H2,1-3H3. The Morgan fingerprint density at radius 1 is 1.00 bits per heavy atom. The summed E-state index contributed by atoms with van der Waals surface area (Å²) in [5.41, 5.74) is 6.70. The Balaban J connectivity index is 1.53. The number of benzene rings is 2. The van der Waals surface area contributed by atoms with Gasteiger partial charge < -0.3 is 4.90 Å². The molecule has 7 heteroatoms. The van der Waals surface area contributed by atoms with Crippen molar-refractivity contribution in [3.05, 3.63) is 83.7 Å². The average molecular weight is 484 g/mol. The molecule has 1 aliphatic rings. The topological polar surface area (TPSA) is 63.9 Å². The maximum Gasteiger partial charge on any atom is 0.237 e. The molecule has 178 valence electrons. The number of fused-ring (bicyclic) bond motifs is 1. The summed E-state index contributed by atoms with van der Waals surface area (Å²) in [6.45, 7) is 6.43. The van der Waals surface area contributed by atoms with Crippen LogP contribution >= 0.6 is 11.8 Å². The third-order valence-electron chi connectivity index (χ3n) is 6.54. The molecule has 0 saturated carbocycles. The van der Waals surface area contributed by atoms with Crippen LogP contribution in [-0.2, 0) is 24.1 Å². The van der Waals surface area contributed by atoms with Crippen LogP contribution in [-0.4, -0.2) is 37.5 Å². The second kappa shape index (κ2) is 10.0. The van der Waals surface area contributed by atoms with Crippen molar-refractivity contribution in [2.24, 2.45) is 0 Å². The van der Waals surface area contributed by atoms with Crippen molar-refractivity contribution < 1.29 is 4.79 Å². The van der Waals surface area contributed by atoms with Gasteiger partial charge in [-0.3, -0.25) is 14.3 Å². The lowest BCUT2D eigenvalue weighted by molar-refractivity contribution is -0.116. The Kier molecular flexibility index (Phi) is 6.68. The third-order valence-corrected chi connectivity index (χ3v) is 7.46. The predicted molar refractivity (Wildman–Crippen MR) is 141 cm³/mol. The summed E-state index contributed by atoms with van der Waals surface area (Å²) < 4.78 is 2.12. The SMILES string of the molecule is CCc1cccc(CC)c1-n1c(SCC(=O)N2c3ccccc3CC2C)nnc1-c1cccnc1. The number of anilines is 1. The molecule has 0 radical (unpaired) electrons. The summed E-state index contributed by atoms with van der Waals surface area (Å²) in [4.78, 5) is 19.6. The number of hydrogen-bond donors (Lipinski definition) is 0. The highest BCUT2D eigenvalue weighted by molar-refractivity contribution is 7.99. The summed E-state index contributed by atoms with van der Waals surface area (Å²) in [6.07, 6.45) is 6.23. The van der Waals surface area contributed by atoms with Gasteiger partial charge in [0.15, 0.2) is 11.0 Å². The van der Waals surface area contributed by atoms with Crippen LogP contribution in [0.3, 0.4) is 0 Å². The van der Waals surface area contributed by atoms with Gasteiger partial charge in [-0.25, -0.2) is 0 Å². The Labute approximate surface area is 210 Å². The van der Waals surface area contributed by atoms with Crippen molar-refractivity contribution in [2.75, 3.05) is 10.7 Å². The first-order chi connectivity index (χ1) is 17.1. The Hall–Kier alpha value is -3.45. The molecule has 0 saturated heterocycles. The quantitative estimate of drug-likeness (QED) is 0.324. The number of pyridine rings is 1. The van der Waals surface area contributed by atoms with Crippen molar-refractivity contribution in [1.29, 1.82) is 0 Å². The first-order valence-corrected chi connectivity index (χ1v) is 13.1. The Bertz CT molecular complexity index is 1330. The zero-order chi connectivity index (χ0) is 24.4. The minimum Gasteiger partial charge on any atom is -0.308 e. The highest BCUT2D eigenvalue weighted by Crippen LogP contribution is 2.35. The molecule has 4 aromatic rings. The molecule has 5 rings (SSSR count). The van der Waals surface area contributed by atoms with Gasteiger partial charge in [0.1, 0.15) is 0 Å². The van der Waals surface area contributed by atoms with Crippen molar-refractivity contribution >= 4 is 23.4 Å². The second-order valence-corrected chi connectivity index (χ2v) is 9.69. The number of aryl methyl sites for hydroxylation is 2. The largest absolute Gasteiger partial charge is 0.308 e. The molecule has 3 heterocycles. The van der Waals surface area contributed by atoms with E-state index in [0.29, 0.717) is 10.9 Å². The van der Waals surface area contributed by atoms with Crippen molar-refractivity contribution in [3.63, 3.8) is 0 Å². The first kappa shape index (κ1) is 23.3. The summed E-state index contributed by atoms with van der Waals surface area (Å²) in [6, 6.07) is 18.6. The molecule has 0 fully saturated rings. The summed E-state index contributed by atoms with van der Waals surface area (Å²) in [5.74, 6) is 1.12. The van der Waals surface area contributed by atoms with Crippen LogP contribution in [0.15, 0.2) is 72.1 Å². The van der Waals surface area contributed by atoms with E-state index in [4.69, 9.17) is 0 Å². The molecule has 1 unspecified atom stereocenters. The lowest BCUT2D eigenvalue weighted by Crippen LogP contribution is -2.37. The normalized spacial score (nSPS) is 14.8. The number of carbonyl (C=O) groups is 1. The lowest BCUT2D eigenvalue weighted by atomic mass is 10.0. The number of carbonyl (C=O) groups excluding carboxylic acids is 1. The molecule has 1 atom stereocenters. The number of hydrogen-bond acceptors (Lipinski definition) is 5. The highest BCUT2D eigenvalue weighted by Gasteiger charge is 2.31. The van der Waals surface area contributed by atoms with E-state index in [1.165, 1.54) is 28.5 Å². The van der Waals surface area contributed by atoms with Gasteiger partial charge in [0, 0.05) is 29.7 Å². The van der Waals surface area contributed by atoms with Gasteiger partial charge in [0.05, 0.1) is 11.4 Å². The molecule has 6 nitrogen and oxygen atoms in total. The second-order valence-electron chi connectivity index (χ2n) is 8.75. The maximum atomic E-state index is 13.4. The first-order valence-electron chi connectivity index (χ1n) is 12.1. The van der Waals surface area contributed by atoms with Crippen LogP contribution in [0, 0.1) is 0 Å². The van der Waals surface area contributed by atoms with Crippen LogP contribution in [0.2, 0.25) is 0 Å². The lowest BCUT2D eigenvalue weighted by Gasteiger charge is -2.23. The van der Waals surface area contributed by atoms with Crippen molar-refractivity contribution in [2.45, 2.75) is 51.2 Å². The Morgan fingerprint density at radius 2 is 1.77 bits per heavy atom. The van der Waals surface area contributed by atoms with Gasteiger partial charge >= 0.3 is 0 Å². The fraction of sp³-hybridized carbons (Fsp3) is 0.286. The zero-order valence-corrected chi connectivity index (χ0v) is 21.1. The zero-order valence-electron chi connectivity index (χ0n) is 20.3. The molecule has 0 aliphatic carbocycles. The number of para-hydroxylation sites is 2. The molecule has 0 spiro atoms. The van der Waals surface area contributed by atoms with E-state index in [1.54, 1.807) is 6.20 Å². The molecule has 0 N–H and O–H groups in total. The highest BCUT2D eigenvalue weighted by atomic mass is 32.2. The fourth-order valence-electron chi connectivity index (χ4n) is 4.89. The van der Waals surface area contributed by atoms with Gasteiger partial charge in [-0.1, -0.05) is 62.0 Å². The molecular formula is C28H29N5OS. The van der Waals surface area contributed by atoms with Crippen LogP contribution in [0.4, 0.5) is 5.69 Å². The Morgan fingerprint density at radius 3 is 2.49 bits per heavy atom. The number of amides is 1. The molecule has 35 heavy (non-hydrogen) atoms. The predicted octanol–water partition coefficient (Wildman–Crippen LogP) is 5.52. The van der Waals surface area contributed by atoms with E-state index in [2.05, 4.69) is 64.8 Å². The van der Waals surface area contributed by atoms with E-state index >= 15 is 0 Å². The van der Waals surface area contributed by atoms with Crippen LogP contribution in [0.5, 0.6) is 0 Å². The molecule has 2 aromatic carbocycles. The number of aromatic nitrogens is 4. The van der Waals surface area contributed by atoms with E-state index in [1.807, 2.05) is 41.4 Å². The smallest absolute Gasteiger partial charge is 0.237 e. The summed E-state index contributed by atoms with van der Waals surface area (Å²) in [5, 5.41) is 9.84. The molecule has 1 aliphatic heterocycles. The monoisotopic (exact) mass is 483 g/mol. The van der Waals surface area contributed by atoms with Crippen LogP contribution < -0.4 is 4.90 Å². The molecular weight excluding hydrogens is 454 g/mol. The van der Waals surface area contributed by atoms with E-state index in [0.717, 1.165) is 42.0 Å². The molecule has 0 bridgehead atoms. The minimum absolute atomic E-state index is 0.0874.